The predicted octanol–water partition coefficient (Wildman–Crippen LogP) is 4.56. The van der Waals surface area contributed by atoms with E-state index in [1.807, 2.05) is 6.20 Å². The first-order valence-corrected chi connectivity index (χ1v) is 9.12. The van der Waals surface area contributed by atoms with Crippen LogP contribution in [0.4, 0.5) is 0 Å². The summed E-state index contributed by atoms with van der Waals surface area (Å²) in [7, 11) is 0. The van der Waals surface area contributed by atoms with Gasteiger partial charge in [0.1, 0.15) is 0 Å². The van der Waals surface area contributed by atoms with Crippen molar-refractivity contribution in [1.82, 2.24) is 10.3 Å². The number of hydrogen-bond donors (Lipinski definition) is 1. The van der Waals surface area contributed by atoms with Crippen LogP contribution in [0.1, 0.15) is 44.2 Å². The fourth-order valence-electron chi connectivity index (χ4n) is 3.16. The topological polar surface area (TPSA) is 24.9 Å². The Morgan fingerprint density at radius 2 is 2.19 bits per heavy atom. The van der Waals surface area contributed by atoms with Crippen LogP contribution in [0, 0.1) is 0 Å². The second kappa shape index (κ2) is 7.28. The first kappa shape index (κ1) is 14.9. The lowest BCUT2D eigenvalue weighted by Gasteiger charge is -2.31. The number of benzene rings is 1. The van der Waals surface area contributed by atoms with Crippen LogP contribution in [0.5, 0.6) is 0 Å². The Labute approximate surface area is 131 Å². The first-order valence-electron chi connectivity index (χ1n) is 8.08. The molecule has 0 aliphatic carbocycles. The van der Waals surface area contributed by atoms with Crippen molar-refractivity contribution in [2.45, 2.75) is 43.9 Å². The normalized spacial score (nSPS) is 20.5. The summed E-state index contributed by atoms with van der Waals surface area (Å²) in [5.41, 5.74) is 1.38. The molecule has 1 N–H and O–H groups in total. The van der Waals surface area contributed by atoms with Crippen LogP contribution in [-0.2, 0) is 0 Å². The van der Waals surface area contributed by atoms with Gasteiger partial charge in [-0.05, 0) is 42.5 Å². The third-order valence-corrected chi connectivity index (χ3v) is 5.70. The summed E-state index contributed by atoms with van der Waals surface area (Å²) in [6, 6.07) is 9.06. The second-order valence-electron chi connectivity index (χ2n) is 5.79. The molecule has 2 nitrogen and oxygen atoms in total. The summed E-state index contributed by atoms with van der Waals surface area (Å²) in [5, 5.41) is 7.07. The van der Waals surface area contributed by atoms with E-state index in [2.05, 4.69) is 59.4 Å². The molecule has 1 aliphatic heterocycles. The van der Waals surface area contributed by atoms with Crippen LogP contribution in [0.3, 0.4) is 0 Å². The highest BCUT2D eigenvalue weighted by Gasteiger charge is 2.26. The number of aromatic nitrogens is 1. The SMILES string of the molecule is CCCNC(c1cncc2ccccc12)C1CCCCS1. The minimum absolute atomic E-state index is 0.425. The molecule has 1 aliphatic rings. The van der Waals surface area contributed by atoms with E-state index in [4.69, 9.17) is 0 Å². The number of thioether (sulfide) groups is 1. The molecule has 1 saturated heterocycles. The minimum Gasteiger partial charge on any atom is -0.309 e. The summed E-state index contributed by atoms with van der Waals surface area (Å²) in [5.74, 6) is 1.30. The van der Waals surface area contributed by atoms with Gasteiger partial charge in [-0.15, -0.1) is 0 Å². The first-order chi connectivity index (χ1) is 10.4. The van der Waals surface area contributed by atoms with Crippen LogP contribution < -0.4 is 5.32 Å². The maximum Gasteiger partial charge on any atom is 0.0462 e. The minimum atomic E-state index is 0.425. The smallest absolute Gasteiger partial charge is 0.0462 e. The van der Waals surface area contributed by atoms with Gasteiger partial charge in [0.2, 0.25) is 0 Å². The zero-order valence-electron chi connectivity index (χ0n) is 12.7. The number of fused-ring (bicyclic) bond motifs is 1. The number of pyridine rings is 1. The lowest BCUT2D eigenvalue weighted by molar-refractivity contribution is 0.481. The zero-order valence-corrected chi connectivity index (χ0v) is 13.5. The largest absolute Gasteiger partial charge is 0.309 e. The third-order valence-electron chi connectivity index (χ3n) is 4.24. The van der Waals surface area contributed by atoms with Crippen molar-refractivity contribution >= 4 is 22.5 Å². The highest BCUT2D eigenvalue weighted by Crippen LogP contribution is 2.36. The molecule has 0 radical (unpaired) electrons. The van der Waals surface area contributed by atoms with Crippen LogP contribution in [-0.4, -0.2) is 22.5 Å². The molecule has 21 heavy (non-hydrogen) atoms. The molecule has 2 atom stereocenters. The molecule has 112 valence electrons. The van der Waals surface area contributed by atoms with E-state index >= 15 is 0 Å². The van der Waals surface area contributed by atoms with Gasteiger partial charge in [0.25, 0.3) is 0 Å². The molecule has 0 spiro atoms. The zero-order chi connectivity index (χ0) is 14.5. The fraction of sp³-hybridized carbons (Fsp3) is 0.500. The van der Waals surface area contributed by atoms with Crippen LogP contribution >= 0.6 is 11.8 Å². The van der Waals surface area contributed by atoms with Gasteiger partial charge in [-0.3, -0.25) is 4.98 Å². The summed E-state index contributed by atoms with van der Waals surface area (Å²) in [6.07, 6.45) is 9.27. The summed E-state index contributed by atoms with van der Waals surface area (Å²) >= 11 is 2.13. The molecule has 3 rings (SSSR count). The van der Waals surface area contributed by atoms with Gasteiger partial charge < -0.3 is 5.32 Å². The van der Waals surface area contributed by atoms with E-state index in [0.29, 0.717) is 11.3 Å². The second-order valence-corrected chi connectivity index (χ2v) is 7.13. The van der Waals surface area contributed by atoms with Gasteiger partial charge in [0, 0.05) is 29.1 Å². The van der Waals surface area contributed by atoms with Crippen molar-refractivity contribution in [3.8, 4) is 0 Å². The van der Waals surface area contributed by atoms with Crippen molar-refractivity contribution in [2.75, 3.05) is 12.3 Å². The van der Waals surface area contributed by atoms with Crippen molar-refractivity contribution in [2.24, 2.45) is 0 Å². The number of nitrogens with zero attached hydrogens (tertiary/aromatic N) is 1. The maximum atomic E-state index is 4.49. The molecular formula is C18H24N2S. The molecule has 3 heteroatoms. The average molecular weight is 300 g/mol. The van der Waals surface area contributed by atoms with E-state index < -0.39 is 0 Å². The predicted molar refractivity (Wildman–Crippen MR) is 92.9 cm³/mol. The van der Waals surface area contributed by atoms with E-state index in [1.54, 1.807) is 0 Å². The van der Waals surface area contributed by atoms with Gasteiger partial charge >= 0.3 is 0 Å². The summed E-state index contributed by atoms with van der Waals surface area (Å²) < 4.78 is 0. The Bertz CT molecular complexity index is 573. The lowest BCUT2D eigenvalue weighted by Crippen LogP contribution is -2.32. The van der Waals surface area contributed by atoms with Crippen molar-refractivity contribution in [3.63, 3.8) is 0 Å². The van der Waals surface area contributed by atoms with Gasteiger partial charge in [-0.25, -0.2) is 0 Å². The fourth-order valence-corrected chi connectivity index (χ4v) is 4.60. The number of nitrogens with one attached hydrogen (secondary N) is 1. The highest BCUT2D eigenvalue weighted by molar-refractivity contribution is 8.00. The third kappa shape index (κ3) is 3.41. The van der Waals surface area contributed by atoms with Gasteiger partial charge in [0.15, 0.2) is 0 Å². The molecule has 0 amide bonds. The van der Waals surface area contributed by atoms with Crippen LogP contribution in [0.25, 0.3) is 10.8 Å². The Morgan fingerprint density at radius 3 is 3.00 bits per heavy atom. The molecule has 1 fully saturated rings. The van der Waals surface area contributed by atoms with E-state index in [9.17, 15) is 0 Å². The van der Waals surface area contributed by atoms with Crippen molar-refractivity contribution in [3.05, 3.63) is 42.2 Å². The quantitative estimate of drug-likeness (QED) is 0.876. The maximum absolute atomic E-state index is 4.49. The molecule has 2 heterocycles. The number of rotatable bonds is 5. The highest BCUT2D eigenvalue weighted by atomic mass is 32.2. The molecule has 0 saturated carbocycles. The molecule has 1 aromatic carbocycles. The summed E-state index contributed by atoms with van der Waals surface area (Å²) in [4.78, 5) is 4.49. The average Bonchev–Trinajstić information content (AvgIpc) is 2.56. The Balaban J connectivity index is 1.96. The van der Waals surface area contributed by atoms with Crippen molar-refractivity contribution in [1.29, 1.82) is 0 Å². The van der Waals surface area contributed by atoms with E-state index in [1.165, 1.54) is 47.8 Å². The van der Waals surface area contributed by atoms with Gasteiger partial charge in [-0.2, -0.15) is 11.8 Å². The van der Waals surface area contributed by atoms with Gasteiger partial charge in [0.05, 0.1) is 0 Å². The van der Waals surface area contributed by atoms with Gasteiger partial charge in [-0.1, -0.05) is 37.6 Å². The van der Waals surface area contributed by atoms with E-state index in [0.717, 1.165) is 6.54 Å². The Morgan fingerprint density at radius 1 is 1.29 bits per heavy atom. The Kier molecular flexibility index (Phi) is 5.15. The summed E-state index contributed by atoms with van der Waals surface area (Å²) in [6.45, 7) is 3.31. The standard InChI is InChI=1S/C18H24N2S/c1-2-10-20-18(17-9-5-6-11-21-17)16-13-19-12-14-7-3-4-8-15(14)16/h3-4,7-8,12-13,17-18,20H,2,5-6,9-11H2,1H3. The lowest BCUT2D eigenvalue weighted by atomic mass is 9.96. The molecule has 0 bridgehead atoms. The molecule has 2 aromatic rings. The monoisotopic (exact) mass is 300 g/mol. The van der Waals surface area contributed by atoms with E-state index in [-0.39, 0.29) is 0 Å². The van der Waals surface area contributed by atoms with Crippen molar-refractivity contribution < 1.29 is 0 Å². The molecule has 2 unspecified atom stereocenters. The molecule has 1 aromatic heterocycles. The number of hydrogen-bond acceptors (Lipinski definition) is 3. The van der Waals surface area contributed by atoms with Crippen LogP contribution in [0.2, 0.25) is 0 Å². The molecular weight excluding hydrogens is 276 g/mol. The Hall–Kier alpha value is -1.06. The van der Waals surface area contributed by atoms with Crippen LogP contribution in [0.15, 0.2) is 36.7 Å².